The van der Waals surface area contributed by atoms with Gasteiger partial charge >= 0.3 is 5.97 Å². The third-order valence-corrected chi connectivity index (χ3v) is 2.64. The molecule has 0 aromatic heterocycles. The highest BCUT2D eigenvalue weighted by atomic mass is 16.5. The number of rotatable bonds is 1. The second kappa shape index (κ2) is 2.36. The molecular formula is C9H12O2. The van der Waals surface area contributed by atoms with Crippen LogP contribution in [0.15, 0.2) is 12.2 Å². The van der Waals surface area contributed by atoms with Gasteiger partial charge in [-0.25, -0.2) is 0 Å². The number of esters is 1. The van der Waals surface area contributed by atoms with Crippen molar-refractivity contribution in [2.75, 3.05) is 0 Å². The van der Waals surface area contributed by atoms with E-state index in [0.29, 0.717) is 11.8 Å². The van der Waals surface area contributed by atoms with Gasteiger partial charge in [0.05, 0.1) is 0 Å². The van der Waals surface area contributed by atoms with Gasteiger partial charge in [-0.1, -0.05) is 12.2 Å². The van der Waals surface area contributed by atoms with E-state index < -0.39 is 0 Å². The van der Waals surface area contributed by atoms with E-state index in [1.807, 2.05) is 0 Å². The van der Waals surface area contributed by atoms with Gasteiger partial charge in [0.1, 0.15) is 6.10 Å². The van der Waals surface area contributed by atoms with Crippen LogP contribution in [-0.2, 0) is 9.53 Å². The molecule has 0 aliphatic heterocycles. The predicted octanol–water partition coefficient (Wildman–Crippen LogP) is 1.51. The standard InChI is InChI=1S/C9H12O2/c1-6(10)11-9-5-7-3-2-4-8(7)9/h2-3,7-9H,4-5H2,1H3/t7-,8-,9+/m1/s1. The summed E-state index contributed by atoms with van der Waals surface area (Å²) in [5, 5.41) is 0. The Morgan fingerprint density at radius 2 is 2.45 bits per heavy atom. The molecule has 11 heavy (non-hydrogen) atoms. The molecule has 0 unspecified atom stereocenters. The topological polar surface area (TPSA) is 26.3 Å². The van der Waals surface area contributed by atoms with E-state index in [-0.39, 0.29) is 12.1 Å². The van der Waals surface area contributed by atoms with Crippen molar-refractivity contribution in [3.63, 3.8) is 0 Å². The monoisotopic (exact) mass is 152 g/mol. The third-order valence-electron chi connectivity index (χ3n) is 2.64. The quantitative estimate of drug-likeness (QED) is 0.420. The first-order valence-corrected chi connectivity index (χ1v) is 4.11. The SMILES string of the molecule is CC(=O)O[C@H]1C[C@H]2C=CC[C@H]21. The van der Waals surface area contributed by atoms with E-state index in [0.717, 1.165) is 12.8 Å². The lowest BCUT2D eigenvalue weighted by atomic mass is 9.73. The predicted molar refractivity (Wildman–Crippen MR) is 40.9 cm³/mol. The van der Waals surface area contributed by atoms with Crippen LogP contribution in [0, 0.1) is 11.8 Å². The fourth-order valence-electron chi connectivity index (χ4n) is 2.00. The molecule has 0 N–H and O–H groups in total. The van der Waals surface area contributed by atoms with Gasteiger partial charge < -0.3 is 4.74 Å². The van der Waals surface area contributed by atoms with Crippen molar-refractivity contribution in [3.05, 3.63) is 12.2 Å². The van der Waals surface area contributed by atoms with E-state index in [4.69, 9.17) is 4.74 Å². The third kappa shape index (κ3) is 1.06. The van der Waals surface area contributed by atoms with Crippen LogP contribution < -0.4 is 0 Å². The minimum absolute atomic E-state index is 0.139. The molecule has 0 heterocycles. The second-order valence-corrected chi connectivity index (χ2v) is 3.38. The van der Waals surface area contributed by atoms with Gasteiger partial charge in [-0.05, 0) is 18.8 Å². The van der Waals surface area contributed by atoms with Crippen molar-refractivity contribution in [1.82, 2.24) is 0 Å². The van der Waals surface area contributed by atoms with Crippen molar-refractivity contribution in [2.24, 2.45) is 11.8 Å². The van der Waals surface area contributed by atoms with Gasteiger partial charge in [0.15, 0.2) is 0 Å². The van der Waals surface area contributed by atoms with Crippen LogP contribution in [0.4, 0.5) is 0 Å². The van der Waals surface area contributed by atoms with Crippen LogP contribution >= 0.6 is 0 Å². The molecule has 2 heteroatoms. The normalized spacial score (nSPS) is 39.5. The summed E-state index contributed by atoms with van der Waals surface area (Å²) in [5.74, 6) is 1.18. The Hall–Kier alpha value is -0.790. The van der Waals surface area contributed by atoms with E-state index in [2.05, 4.69) is 12.2 Å². The summed E-state index contributed by atoms with van der Waals surface area (Å²) in [6, 6.07) is 0. The van der Waals surface area contributed by atoms with Crippen LogP contribution in [0.1, 0.15) is 19.8 Å². The first kappa shape index (κ1) is 6.89. The summed E-state index contributed by atoms with van der Waals surface area (Å²) < 4.78 is 5.12. The Balaban J connectivity index is 1.88. The molecule has 60 valence electrons. The summed E-state index contributed by atoms with van der Waals surface area (Å²) in [6.07, 6.45) is 6.79. The highest BCUT2D eigenvalue weighted by molar-refractivity contribution is 5.66. The molecule has 2 nitrogen and oxygen atoms in total. The average molecular weight is 152 g/mol. The fraction of sp³-hybridized carbons (Fsp3) is 0.667. The lowest BCUT2D eigenvalue weighted by Crippen LogP contribution is -2.40. The molecule has 2 aliphatic carbocycles. The Bertz CT molecular complexity index is 208. The van der Waals surface area contributed by atoms with Gasteiger partial charge in [0, 0.05) is 12.8 Å². The van der Waals surface area contributed by atoms with E-state index >= 15 is 0 Å². The Labute approximate surface area is 66.2 Å². The summed E-state index contributed by atoms with van der Waals surface area (Å²) in [7, 11) is 0. The first-order chi connectivity index (χ1) is 5.27. The summed E-state index contributed by atoms with van der Waals surface area (Å²) in [6.45, 7) is 1.48. The van der Waals surface area contributed by atoms with Crippen molar-refractivity contribution in [2.45, 2.75) is 25.9 Å². The minimum atomic E-state index is -0.139. The van der Waals surface area contributed by atoms with Crippen molar-refractivity contribution < 1.29 is 9.53 Å². The van der Waals surface area contributed by atoms with Crippen molar-refractivity contribution in [3.8, 4) is 0 Å². The van der Waals surface area contributed by atoms with E-state index in [1.54, 1.807) is 0 Å². The average Bonchev–Trinajstić information content (AvgIpc) is 2.26. The number of ether oxygens (including phenoxy) is 1. The molecule has 0 radical (unpaired) electrons. The first-order valence-electron chi connectivity index (χ1n) is 4.11. The Kier molecular flexibility index (Phi) is 1.48. The number of carbonyl (C=O) groups excluding carboxylic acids is 1. The lowest BCUT2D eigenvalue weighted by Gasteiger charge is -2.38. The maximum Gasteiger partial charge on any atom is 0.302 e. The molecule has 1 saturated carbocycles. The number of hydrogen-bond donors (Lipinski definition) is 0. The van der Waals surface area contributed by atoms with Crippen molar-refractivity contribution >= 4 is 5.97 Å². The molecule has 3 atom stereocenters. The van der Waals surface area contributed by atoms with Gasteiger partial charge in [0.2, 0.25) is 0 Å². The van der Waals surface area contributed by atoms with E-state index in [1.165, 1.54) is 6.92 Å². The number of allylic oxidation sites excluding steroid dienone is 2. The largest absolute Gasteiger partial charge is 0.462 e. The zero-order valence-corrected chi connectivity index (χ0v) is 6.62. The zero-order chi connectivity index (χ0) is 7.84. The lowest BCUT2D eigenvalue weighted by molar-refractivity contribution is -0.157. The molecule has 0 bridgehead atoms. The highest BCUT2D eigenvalue weighted by Crippen LogP contribution is 2.44. The second-order valence-electron chi connectivity index (χ2n) is 3.38. The fourth-order valence-corrected chi connectivity index (χ4v) is 2.00. The molecule has 0 aromatic carbocycles. The van der Waals surface area contributed by atoms with Gasteiger partial charge in [-0.15, -0.1) is 0 Å². The maximum atomic E-state index is 10.6. The summed E-state index contributed by atoms with van der Waals surface area (Å²) in [5.41, 5.74) is 0. The number of fused-ring (bicyclic) bond motifs is 1. The molecule has 2 aliphatic rings. The molecule has 1 fully saturated rings. The molecule has 0 amide bonds. The smallest absolute Gasteiger partial charge is 0.302 e. The van der Waals surface area contributed by atoms with Crippen LogP contribution in [0.2, 0.25) is 0 Å². The molecule has 0 spiro atoms. The summed E-state index contributed by atoms with van der Waals surface area (Å²) in [4.78, 5) is 10.6. The Morgan fingerprint density at radius 3 is 3.09 bits per heavy atom. The maximum absolute atomic E-state index is 10.6. The molecule has 0 aromatic rings. The van der Waals surface area contributed by atoms with Gasteiger partial charge in [-0.3, -0.25) is 4.79 Å². The number of hydrogen-bond acceptors (Lipinski definition) is 2. The van der Waals surface area contributed by atoms with Crippen molar-refractivity contribution in [1.29, 1.82) is 0 Å². The van der Waals surface area contributed by atoms with Crippen LogP contribution in [0.5, 0.6) is 0 Å². The van der Waals surface area contributed by atoms with Gasteiger partial charge in [-0.2, -0.15) is 0 Å². The summed E-state index contributed by atoms with van der Waals surface area (Å²) >= 11 is 0. The van der Waals surface area contributed by atoms with Crippen LogP contribution in [-0.4, -0.2) is 12.1 Å². The van der Waals surface area contributed by atoms with Crippen LogP contribution in [0.25, 0.3) is 0 Å². The van der Waals surface area contributed by atoms with E-state index in [9.17, 15) is 4.79 Å². The highest BCUT2D eigenvalue weighted by Gasteiger charge is 2.43. The molecule has 0 saturated heterocycles. The number of carbonyl (C=O) groups is 1. The van der Waals surface area contributed by atoms with Gasteiger partial charge in [0.25, 0.3) is 0 Å². The minimum Gasteiger partial charge on any atom is -0.462 e. The Morgan fingerprint density at radius 1 is 1.64 bits per heavy atom. The van der Waals surface area contributed by atoms with Crippen LogP contribution in [0.3, 0.4) is 0 Å². The molecular weight excluding hydrogens is 140 g/mol. The molecule has 2 rings (SSSR count). The zero-order valence-electron chi connectivity index (χ0n) is 6.62.